The zero-order valence-electron chi connectivity index (χ0n) is 33.9. The van der Waals surface area contributed by atoms with Crippen LogP contribution < -0.4 is 19.5 Å². The van der Waals surface area contributed by atoms with Crippen molar-refractivity contribution in [3.63, 3.8) is 0 Å². The molecule has 5 aliphatic rings. The molecule has 3 fully saturated rings. The molecule has 2 aliphatic carbocycles. The van der Waals surface area contributed by atoms with E-state index in [9.17, 15) is 41.1 Å². The molecule has 1 spiro atoms. The summed E-state index contributed by atoms with van der Waals surface area (Å²) in [4.78, 5) is 62.8. The molecule has 18 heteroatoms. The number of pyridine rings is 1. The molecule has 1 aromatic heterocycles. The van der Waals surface area contributed by atoms with E-state index in [4.69, 9.17) is 9.47 Å². The molecule has 59 heavy (non-hydrogen) atoms. The van der Waals surface area contributed by atoms with Gasteiger partial charge in [0.1, 0.15) is 29.0 Å². The number of benzene rings is 1. The van der Waals surface area contributed by atoms with Crippen LogP contribution in [0.3, 0.4) is 0 Å². The average molecular weight is 848 g/mol. The highest BCUT2D eigenvalue weighted by molar-refractivity contribution is 7.91. The van der Waals surface area contributed by atoms with Crippen LogP contribution in [-0.4, -0.2) is 100 Å². The summed E-state index contributed by atoms with van der Waals surface area (Å²) in [5.74, 6) is -3.19. The van der Waals surface area contributed by atoms with Gasteiger partial charge < -0.3 is 24.8 Å². The number of halogens is 3. The first-order valence-corrected chi connectivity index (χ1v) is 21.6. The van der Waals surface area contributed by atoms with E-state index in [1.165, 1.54) is 31.1 Å². The minimum Gasteiger partial charge on any atom is -0.497 e. The van der Waals surface area contributed by atoms with E-state index in [2.05, 4.69) is 15.0 Å². The van der Waals surface area contributed by atoms with E-state index in [-0.39, 0.29) is 56.3 Å². The summed E-state index contributed by atoms with van der Waals surface area (Å²) < 4.78 is 83.6. The average Bonchev–Trinajstić information content (AvgIpc) is 4.04. The summed E-state index contributed by atoms with van der Waals surface area (Å²) in [6, 6.07) is 1.82. The lowest BCUT2D eigenvalue weighted by molar-refractivity contribution is -0.145. The van der Waals surface area contributed by atoms with Gasteiger partial charge in [-0.05, 0) is 81.9 Å². The van der Waals surface area contributed by atoms with Crippen molar-refractivity contribution in [3.05, 3.63) is 41.6 Å². The van der Waals surface area contributed by atoms with Gasteiger partial charge in [0.15, 0.2) is 11.4 Å². The summed E-state index contributed by atoms with van der Waals surface area (Å²) in [7, 11) is -2.68. The first-order valence-electron chi connectivity index (χ1n) is 20.1. The molecule has 0 bridgehead atoms. The standard InChI is InChI=1S/C41H52F3N5O9S/c1-37(2,3)22-49(36(53)54)29-12-10-8-6-7-9-11-24-20-40(24,35(52)47-59(55,56)38(4)17-18-38)46-33(50)30-21-39(23-48(30)34(29)51)16-15-26-27-19-25(57-5)13-14-28(27)45-32(31(26)58-39)41(42,43)44/h9,11,13-14,19,24,29-30H,6-8,10,12,15-18,20-23H2,1-5H3,(H,46,50)(H,47,52)(H,53,54)/b11-9-/t24-,29+,30+,39-,40-/m1/s1. The van der Waals surface area contributed by atoms with Gasteiger partial charge in [0, 0.05) is 29.8 Å². The Morgan fingerprint density at radius 1 is 1.12 bits per heavy atom. The number of nitrogens with zero attached hydrogens (tertiary/aromatic N) is 3. The Kier molecular flexibility index (Phi) is 10.7. The normalized spacial score (nSPS) is 28.8. The maximum absolute atomic E-state index is 15.0. The number of methoxy groups -OCH3 is 1. The number of aromatic nitrogens is 1. The zero-order valence-corrected chi connectivity index (χ0v) is 34.7. The molecule has 2 saturated carbocycles. The van der Waals surface area contributed by atoms with Crippen molar-refractivity contribution in [3.8, 4) is 11.5 Å². The van der Waals surface area contributed by atoms with Crippen LogP contribution in [0.25, 0.3) is 10.9 Å². The van der Waals surface area contributed by atoms with Gasteiger partial charge in [0.25, 0.3) is 5.91 Å². The number of rotatable bonds is 6. The molecule has 3 aliphatic heterocycles. The van der Waals surface area contributed by atoms with Crippen LogP contribution in [0, 0.1) is 11.3 Å². The molecule has 4 heterocycles. The predicted molar refractivity (Wildman–Crippen MR) is 209 cm³/mol. The first kappa shape index (κ1) is 42.5. The lowest BCUT2D eigenvalue weighted by Crippen LogP contribution is -2.59. The Morgan fingerprint density at radius 3 is 2.49 bits per heavy atom. The summed E-state index contributed by atoms with van der Waals surface area (Å²) in [6.07, 6.45) is 0.432. The topological polar surface area (TPSA) is 185 Å². The van der Waals surface area contributed by atoms with Crippen molar-refractivity contribution in [1.29, 1.82) is 0 Å². The second kappa shape index (κ2) is 14.8. The highest BCUT2D eigenvalue weighted by Crippen LogP contribution is 2.51. The van der Waals surface area contributed by atoms with Crippen LogP contribution in [-0.2, 0) is 37.0 Å². The van der Waals surface area contributed by atoms with Gasteiger partial charge in [-0.25, -0.2) is 18.2 Å². The predicted octanol–water partition coefficient (Wildman–Crippen LogP) is 5.72. The van der Waals surface area contributed by atoms with E-state index >= 15 is 4.79 Å². The number of carboxylic acid groups (broad SMARTS) is 1. The van der Waals surface area contributed by atoms with Crippen LogP contribution in [0.4, 0.5) is 18.0 Å². The van der Waals surface area contributed by atoms with Gasteiger partial charge in [0.2, 0.25) is 21.8 Å². The monoisotopic (exact) mass is 847 g/mol. The van der Waals surface area contributed by atoms with Gasteiger partial charge >= 0.3 is 12.3 Å². The Balaban J connectivity index is 1.31. The van der Waals surface area contributed by atoms with Crippen LogP contribution >= 0.6 is 0 Å². The van der Waals surface area contributed by atoms with E-state index in [0.29, 0.717) is 49.7 Å². The number of allylic oxidation sites excluding steroid dienone is 1. The quantitative estimate of drug-likeness (QED) is 0.304. The molecular formula is C41H52F3N5O9S. The summed E-state index contributed by atoms with van der Waals surface area (Å²) in [5.41, 5.74) is -4.78. The van der Waals surface area contributed by atoms with Crippen molar-refractivity contribution in [2.45, 2.75) is 132 Å². The van der Waals surface area contributed by atoms with Crippen molar-refractivity contribution in [2.24, 2.45) is 11.3 Å². The molecule has 1 aromatic carbocycles. The maximum atomic E-state index is 15.0. The molecule has 0 unspecified atom stereocenters. The number of fused-ring (bicyclic) bond motifs is 5. The molecule has 7 rings (SSSR count). The number of carbonyl (C=O) groups excluding carboxylic acids is 3. The van der Waals surface area contributed by atoms with Crippen molar-refractivity contribution in [2.75, 3.05) is 20.2 Å². The number of nitrogens with one attached hydrogen (secondary N) is 2. The third-order valence-electron chi connectivity index (χ3n) is 12.5. The van der Waals surface area contributed by atoms with Crippen LogP contribution in [0.1, 0.15) is 103 Å². The van der Waals surface area contributed by atoms with Gasteiger partial charge in [-0.2, -0.15) is 13.2 Å². The number of sulfonamides is 1. The number of hydrogen-bond acceptors (Lipinski definition) is 9. The summed E-state index contributed by atoms with van der Waals surface area (Å²) in [5, 5.41) is 13.7. The van der Waals surface area contributed by atoms with E-state index in [1.807, 2.05) is 26.8 Å². The van der Waals surface area contributed by atoms with Crippen LogP contribution in [0.5, 0.6) is 11.5 Å². The lowest BCUT2D eigenvalue weighted by atomic mass is 9.87. The van der Waals surface area contributed by atoms with Gasteiger partial charge in [-0.15, -0.1) is 0 Å². The first-order chi connectivity index (χ1) is 27.5. The smallest absolute Gasteiger partial charge is 0.437 e. The molecule has 4 amide bonds. The number of carbonyl (C=O) groups is 4. The van der Waals surface area contributed by atoms with Crippen LogP contribution in [0.2, 0.25) is 0 Å². The SMILES string of the molecule is COc1ccc2nc(C(F)(F)F)c3c(c2c1)CC[C@]1(C[C@H]2C(=O)N[C@]4(C(=O)NS(=O)(=O)C5(C)CC5)C[C@H]4/C=C\CCCCC[C@H](N(CC(C)(C)C)C(=O)O)C(=O)N2C1)O3. The summed E-state index contributed by atoms with van der Waals surface area (Å²) in [6.45, 7) is 6.60. The minimum absolute atomic E-state index is 0.0310. The summed E-state index contributed by atoms with van der Waals surface area (Å²) >= 11 is 0. The second-order valence-electron chi connectivity index (χ2n) is 18.3. The molecule has 0 radical (unpaired) electrons. The molecular weight excluding hydrogens is 796 g/mol. The molecule has 1 saturated heterocycles. The van der Waals surface area contributed by atoms with Gasteiger partial charge in [0.05, 0.1) is 23.9 Å². The third-order valence-corrected chi connectivity index (χ3v) is 14.7. The zero-order chi connectivity index (χ0) is 42.9. The fourth-order valence-corrected chi connectivity index (χ4v) is 10.1. The largest absolute Gasteiger partial charge is 0.497 e. The number of aryl methyl sites for hydroxylation is 1. The van der Waals surface area contributed by atoms with Crippen molar-refractivity contribution in [1.82, 2.24) is 24.8 Å². The number of amides is 4. The Labute approximate surface area is 341 Å². The number of hydrogen-bond donors (Lipinski definition) is 3. The number of ether oxygens (including phenoxy) is 2. The molecule has 2 aromatic rings. The highest BCUT2D eigenvalue weighted by Gasteiger charge is 2.64. The molecule has 5 atom stereocenters. The fraction of sp³-hybridized carbons (Fsp3) is 0.634. The molecule has 3 N–H and O–H groups in total. The van der Waals surface area contributed by atoms with E-state index in [1.54, 1.807) is 12.1 Å². The minimum atomic E-state index is -4.95. The Bertz CT molecular complexity index is 2210. The van der Waals surface area contributed by atoms with Gasteiger partial charge in [-0.1, -0.05) is 45.8 Å². The van der Waals surface area contributed by atoms with Crippen molar-refractivity contribution >= 4 is 44.7 Å². The van der Waals surface area contributed by atoms with E-state index in [0.717, 1.165) is 4.90 Å². The third kappa shape index (κ3) is 8.17. The van der Waals surface area contributed by atoms with Gasteiger partial charge in [-0.3, -0.25) is 24.0 Å². The Hall–Kier alpha value is -4.61. The highest BCUT2D eigenvalue weighted by atomic mass is 32.2. The Morgan fingerprint density at radius 2 is 1.85 bits per heavy atom. The number of alkyl halides is 3. The fourth-order valence-electron chi connectivity index (χ4n) is 8.79. The lowest BCUT2D eigenvalue weighted by Gasteiger charge is -2.38. The maximum Gasteiger partial charge on any atom is 0.437 e. The van der Waals surface area contributed by atoms with Crippen molar-refractivity contribution < 1.29 is 55.3 Å². The second-order valence-corrected chi connectivity index (χ2v) is 20.5. The van der Waals surface area contributed by atoms with E-state index < -0.39 is 90.8 Å². The molecule has 322 valence electrons. The van der Waals surface area contributed by atoms with Crippen LogP contribution in [0.15, 0.2) is 30.4 Å². The molecule has 14 nitrogen and oxygen atoms in total.